The first-order valence-electron chi connectivity index (χ1n) is 5.39. The number of nitrogens with two attached hydrogens (primary N) is 1. The monoisotopic (exact) mass is 184 g/mol. The molecule has 1 heterocycles. The lowest BCUT2D eigenvalue weighted by molar-refractivity contribution is 0.0565. The molecule has 0 aromatic rings. The van der Waals surface area contributed by atoms with Gasteiger partial charge in [0.2, 0.25) is 0 Å². The van der Waals surface area contributed by atoms with Crippen LogP contribution in [0.25, 0.3) is 0 Å². The lowest BCUT2D eigenvalue weighted by Gasteiger charge is -2.25. The molecule has 1 aliphatic carbocycles. The van der Waals surface area contributed by atoms with Crippen LogP contribution in [0.4, 0.5) is 0 Å². The lowest BCUT2D eigenvalue weighted by Crippen LogP contribution is -2.46. The Kier molecular flexibility index (Phi) is 2.86. The molecule has 3 unspecified atom stereocenters. The fourth-order valence-electron chi connectivity index (χ4n) is 2.24. The Balaban J connectivity index is 1.85. The predicted octanol–water partition coefficient (Wildman–Crippen LogP) is 1.04. The smallest absolute Gasteiger partial charge is 0.0767 e. The molecule has 3 nitrogen and oxygen atoms in total. The van der Waals surface area contributed by atoms with Crippen molar-refractivity contribution in [2.24, 2.45) is 17.7 Å². The van der Waals surface area contributed by atoms with Crippen molar-refractivity contribution in [2.75, 3.05) is 6.61 Å². The molecule has 2 aliphatic rings. The number of rotatable bonds is 4. The highest BCUT2D eigenvalue weighted by Crippen LogP contribution is 2.36. The molecule has 3 N–H and O–H groups in total. The maximum atomic E-state index is 5.70. The fourth-order valence-corrected chi connectivity index (χ4v) is 2.24. The van der Waals surface area contributed by atoms with Crippen molar-refractivity contribution < 1.29 is 4.74 Å². The van der Waals surface area contributed by atoms with Gasteiger partial charge in [-0.25, -0.2) is 0 Å². The fraction of sp³-hybridized carbons (Fsp3) is 1.00. The molecule has 0 spiro atoms. The van der Waals surface area contributed by atoms with Gasteiger partial charge in [-0.15, -0.1) is 0 Å². The zero-order valence-electron chi connectivity index (χ0n) is 8.33. The number of hydrogen-bond donors (Lipinski definition) is 2. The molecule has 0 bridgehead atoms. The molecule has 3 heteroatoms. The Morgan fingerprint density at radius 3 is 2.69 bits per heavy atom. The number of hydrogen-bond acceptors (Lipinski definition) is 3. The van der Waals surface area contributed by atoms with Crippen molar-refractivity contribution in [3.8, 4) is 0 Å². The van der Waals surface area contributed by atoms with Crippen LogP contribution in [0.1, 0.15) is 32.6 Å². The summed E-state index contributed by atoms with van der Waals surface area (Å²) in [7, 11) is 0. The second-order valence-electron chi connectivity index (χ2n) is 4.55. The van der Waals surface area contributed by atoms with Crippen molar-refractivity contribution in [3.05, 3.63) is 0 Å². The van der Waals surface area contributed by atoms with E-state index in [2.05, 4.69) is 12.3 Å². The van der Waals surface area contributed by atoms with Crippen LogP contribution in [-0.2, 0) is 4.74 Å². The van der Waals surface area contributed by atoms with Gasteiger partial charge in [0.15, 0.2) is 0 Å². The molecule has 0 aromatic carbocycles. The van der Waals surface area contributed by atoms with Gasteiger partial charge in [-0.05, 0) is 24.7 Å². The second-order valence-corrected chi connectivity index (χ2v) is 4.55. The Morgan fingerprint density at radius 1 is 1.46 bits per heavy atom. The molecule has 13 heavy (non-hydrogen) atoms. The van der Waals surface area contributed by atoms with E-state index in [4.69, 9.17) is 10.6 Å². The average molecular weight is 184 g/mol. The highest BCUT2D eigenvalue weighted by atomic mass is 16.5. The highest BCUT2D eigenvalue weighted by molar-refractivity contribution is 4.88. The summed E-state index contributed by atoms with van der Waals surface area (Å²) in [5, 5.41) is 0. The largest absolute Gasteiger partial charge is 0.376 e. The third-order valence-corrected chi connectivity index (χ3v) is 3.34. The van der Waals surface area contributed by atoms with E-state index in [-0.39, 0.29) is 0 Å². The predicted molar refractivity (Wildman–Crippen MR) is 52.0 cm³/mol. The molecule has 2 rings (SSSR count). The summed E-state index contributed by atoms with van der Waals surface area (Å²) in [6, 6.07) is 0.380. The van der Waals surface area contributed by atoms with E-state index in [0.29, 0.717) is 18.1 Å². The van der Waals surface area contributed by atoms with E-state index >= 15 is 0 Å². The summed E-state index contributed by atoms with van der Waals surface area (Å²) in [5.41, 5.74) is 2.92. The molecule has 2 fully saturated rings. The van der Waals surface area contributed by atoms with Crippen molar-refractivity contribution in [2.45, 2.75) is 44.8 Å². The summed E-state index contributed by atoms with van der Waals surface area (Å²) in [6.45, 7) is 3.17. The first-order valence-corrected chi connectivity index (χ1v) is 5.39. The van der Waals surface area contributed by atoms with Gasteiger partial charge in [-0.1, -0.05) is 19.8 Å². The van der Waals surface area contributed by atoms with E-state index in [0.717, 1.165) is 12.5 Å². The van der Waals surface area contributed by atoms with Crippen molar-refractivity contribution in [1.82, 2.24) is 5.43 Å². The molecule has 0 aromatic heterocycles. The molecule has 1 saturated heterocycles. The minimum atomic E-state index is 0.352. The molecular weight excluding hydrogens is 164 g/mol. The van der Waals surface area contributed by atoms with Crippen molar-refractivity contribution in [3.63, 3.8) is 0 Å². The van der Waals surface area contributed by atoms with E-state index in [1.807, 2.05) is 0 Å². The SMILES string of the molecule is CC1CCOC1C(CC1CC1)NN. The van der Waals surface area contributed by atoms with Gasteiger partial charge < -0.3 is 4.74 Å². The summed E-state index contributed by atoms with van der Waals surface area (Å²) in [6.07, 6.45) is 5.52. The summed E-state index contributed by atoms with van der Waals surface area (Å²) >= 11 is 0. The van der Waals surface area contributed by atoms with Gasteiger partial charge in [0.25, 0.3) is 0 Å². The third kappa shape index (κ3) is 2.22. The number of ether oxygens (including phenoxy) is 1. The third-order valence-electron chi connectivity index (χ3n) is 3.34. The van der Waals surface area contributed by atoms with Gasteiger partial charge in [0, 0.05) is 12.6 Å². The molecular formula is C10H20N2O. The topological polar surface area (TPSA) is 47.3 Å². The zero-order valence-corrected chi connectivity index (χ0v) is 8.33. The minimum absolute atomic E-state index is 0.352. The summed E-state index contributed by atoms with van der Waals surface area (Å²) in [4.78, 5) is 0. The lowest BCUT2D eigenvalue weighted by atomic mass is 9.94. The molecule has 0 amide bonds. The van der Waals surface area contributed by atoms with Crippen LogP contribution in [0.15, 0.2) is 0 Å². The van der Waals surface area contributed by atoms with E-state index in [9.17, 15) is 0 Å². The summed E-state index contributed by atoms with van der Waals surface area (Å²) < 4.78 is 5.70. The van der Waals surface area contributed by atoms with Crippen LogP contribution in [0, 0.1) is 11.8 Å². The van der Waals surface area contributed by atoms with E-state index in [1.165, 1.54) is 25.7 Å². The van der Waals surface area contributed by atoms with Gasteiger partial charge in [0.05, 0.1) is 6.10 Å². The normalized spacial score (nSPS) is 36.5. The Morgan fingerprint density at radius 2 is 2.23 bits per heavy atom. The molecule has 3 atom stereocenters. The van der Waals surface area contributed by atoms with Crippen LogP contribution < -0.4 is 11.3 Å². The first kappa shape index (κ1) is 9.44. The standard InChI is InChI=1S/C10H20N2O/c1-7-4-5-13-10(7)9(12-11)6-8-2-3-8/h7-10,12H,2-6,11H2,1H3. The summed E-state index contributed by atoms with van der Waals surface area (Å²) in [5.74, 6) is 7.14. The Labute approximate surface area is 80.0 Å². The second kappa shape index (κ2) is 3.95. The molecule has 1 saturated carbocycles. The average Bonchev–Trinajstić information content (AvgIpc) is 2.85. The number of hydrazine groups is 1. The Hall–Kier alpha value is -0.120. The molecule has 0 radical (unpaired) electrons. The van der Waals surface area contributed by atoms with Gasteiger partial charge in [-0.2, -0.15) is 0 Å². The van der Waals surface area contributed by atoms with E-state index in [1.54, 1.807) is 0 Å². The van der Waals surface area contributed by atoms with Crippen molar-refractivity contribution in [1.29, 1.82) is 0 Å². The number of nitrogens with one attached hydrogen (secondary N) is 1. The highest BCUT2D eigenvalue weighted by Gasteiger charge is 2.35. The molecule has 1 aliphatic heterocycles. The van der Waals surface area contributed by atoms with Crippen LogP contribution in [0.2, 0.25) is 0 Å². The van der Waals surface area contributed by atoms with Gasteiger partial charge in [0.1, 0.15) is 0 Å². The van der Waals surface area contributed by atoms with Crippen molar-refractivity contribution >= 4 is 0 Å². The molecule has 76 valence electrons. The van der Waals surface area contributed by atoms with Crippen LogP contribution >= 0.6 is 0 Å². The van der Waals surface area contributed by atoms with Crippen LogP contribution in [0.3, 0.4) is 0 Å². The van der Waals surface area contributed by atoms with Gasteiger partial charge in [-0.3, -0.25) is 11.3 Å². The zero-order chi connectivity index (χ0) is 9.26. The van der Waals surface area contributed by atoms with Crippen LogP contribution in [0.5, 0.6) is 0 Å². The van der Waals surface area contributed by atoms with Crippen LogP contribution in [-0.4, -0.2) is 18.8 Å². The van der Waals surface area contributed by atoms with E-state index < -0.39 is 0 Å². The Bertz CT molecular complexity index is 170. The quantitative estimate of drug-likeness (QED) is 0.507. The maximum absolute atomic E-state index is 5.70. The first-order chi connectivity index (χ1) is 6.31. The minimum Gasteiger partial charge on any atom is -0.376 e. The maximum Gasteiger partial charge on any atom is 0.0767 e. The van der Waals surface area contributed by atoms with Gasteiger partial charge >= 0.3 is 0 Å².